The molecule has 0 saturated heterocycles. The molecule has 132 valence electrons. The molecule has 1 fully saturated rings. The van der Waals surface area contributed by atoms with Crippen molar-refractivity contribution in [2.24, 2.45) is 11.8 Å². The van der Waals surface area contributed by atoms with E-state index >= 15 is 0 Å². The van der Waals surface area contributed by atoms with E-state index in [4.69, 9.17) is 5.11 Å². The molecule has 0 heterocycles. The third-order valence-corrected chi connectivity index (χ3v) is 4.74. The van der Waals surface area contributed by atoms with Crippen molar-refractivity contribution in [3.63, 3.8) is 0 Å². The van der Waals surface area contributed by atoms with Crippen molar-refractivity contribution in [1.82, 2.24) is 0 Å². The number of aliphatic carboxylic acids is 1. The number of ketones is 1. The number of carboxylic acids is 1. The molecular formula is C19H32O4. The smallest absolute Gasteiger partial charge is 0.303 e. The normalized spacial score (nSPS) is 22.8. The van der Waals surface area contributed by atoms with Crippen LogP contribution in [0.2, 0.25) is 0 Å². The number of carboxylic acid groups (broad SMARTS) is 1. The molecule has 0 aliphatic heterocycles. The lowest BCUT2D eigenvalue weighted by Crippen LogP contribution is -2.14. The second-order valence-corrected chi connectivity index (χ2v) is 6.72. The summed E-state index contributed by atoms with van der Waals surface area (Å²) in [5, 5.41) is 18.5. The third kappa shape index (κ3) is 8.31. The minimum Gasteiger partial charge on any atom is -0.481 e. The molecular weight excluding hydrogens is 292 g/mol. The molecule has 1 saturated carbocycles. The number of Topliss-reactive ketones (excluding diaryl/α,β-unsaturated/α-hetero) is 1. The fraction of sp³-hybridized carbons (Fsp3) is 0.789. The van der Waals surface area contributed by atoms with Crippen molar-refractivity contribution in [2.45, 2.75) is 83.7 Å². The molecule has 0 bridgehead atoms. The van der Waals surface area contributed by atoms with Gasteiger partial charge in [-0.3, -0.25) is 9.59 Å². The average Bonchev–Trinajstić information content (AvgIpc) is 2.86. The second-order valence-electron chi connectivity index (χ2n) is 6.72. The van der Waals surface area contributed by atoms with Gasteiger partial charge in [-0.2, -0.15) is 0 Å². The lowest BCUT2D eigenvalue weighted by Gasteiger charge is -2.15. The summed E-state index contributed by atoms with van der Waals surface area (Å²) >= 11 is 0. The predicted octanol–water partition coefficient (Wildman–Crippen LogP) is 4.11. The van der Waals surface area contributed by atoms with Gasteiger partial charge in [-0.25, -0.2) is 0 Å². The van der Waals surface area contributed by atoms with Gasteiger partial charge in [0.05, 0.1) is 6.10 Å². The molecule has 3 unspecified atom stereocenters. The minimum absolute atomic E-state index is 0.101. The molecule has 1 aliphatic carbocycles. The molecule has 3 atom stereocenters. The van der Waals surface area contributed by atoms with E-state index < -0.39 is 5.97 Å². The van der Waals surface area contributed by atoms with Crippen molar-refractivity contribution in [1.29, 1.82) is 0 Å². The molecule has 23 heavy (non-hydrogen) atoms. The van der Waals surface area contributed by atoms with Gasteiger partial charge >= 0.3 is 5.97 Å². The van der Waals surface area contributed by atoms with Gasteiger partial charge in [-0.1, -0.05) is 51.2 Å². The van der Waals surface area contributed by atoms with Crippen molar-refractivity contribution in [3.8, 4) is 0 Å². The van der Waals surface area contributed by atoms with E-state index in [1.165, 1.54) is 0 Å². The zero-order chi connectivity index (χ0) is 17.1. The molecule has 0 radical (unpaired) electrons. The van der Waals surface area contributed by atoms with E-state index in [-0.39, 0.29) is 24.4 Å². The average molecular weight is 324 g/mol. The van der Waals surface area contributed by atoms with Gasteiger partial charge in [0.1, 0.15) is 5.78 Å². The highest BCUT2D eigenvalue weighted by Crippen LogP contribution is 2.34. The van der Waals surface area contributed by atoms with Crippen molar-refractivity contribution >= 4 is 11.8 Å². The highest BCUT2D eigenvalue weighted by Gasteiger charge is 2.32. The van der Waals surface area contributed by atoms with E-state index in [0.717, 1.165) is 57.8 Å². The van der Waals surface area contributed by atoms with Crippen LogP contribution >= 0.6 is 0 Å². The van der Waals surface area contributed by atoms with Gasteiger partial charge in [0.2, 0.25) is 0 Å². The van der Waals surface area contributed by atoms with Crippen molar-refractivity contribution in [2.75, 3.05) is 0 Å². The Balaban J connectivity index is 2.29. The molecule has 4 heteroatoms. The van der Waals surface area contributed by atoms with Crippen LogP contribution in [0.1, 0.15) is 77.6 Å². The van der Waals surface area contributed by atoms with Gasteiger partial charge in [-0.15, -0.1) is 0 Å². The molecule has 0 aromatic carbocycles. The topological polar surface area (TPSA) is 74.6 Å². The summed E-state index contributed by atoms with van der Waals surface area (Å²) in [5.41, 5.74) is 0. The number of carbonyl (C=O) groups excluding carboxylic acids is 1. The fourth-order valence-corrected chi connectivity index (χ4v) is 3.31. The second kappa shape index (κ2) is 11.4. The van der Waals surface area contributed by atoms with Crippen LogP contribution in [0.15, 0.2) is 12.2 Å². The highest BCUT2D eigenvalue weighted by atomic mass is 16.4. The van der Waals surface area contributed by atoms with Gasteiger partial charge in [0, 0.05) is 18.8 Å². The summed E-state index contributed by atoms with van der Waals surface area (Å²) in [7, 11) is 0. The number of aliphatic hydroxyl groups is 1. The van der Waals surface area contributed by atoms with Gasteiger partial charge in [-0.05, 0) is 31.6 Å². The van der Waals surface area contributed by atoms with Crippen LogP contribution in [0.5, 0.6) is 0 Å². The first-order chi connectivity index (χ1) is 11.0. The molecule has 0 aromatic rings. The summed E-state index contributed by atoms with van der Waals surface area (Å²) in [6, 6.07) is 0. The predicted molar refractivity (Wildman–Crippen MR) is 91.2 cm³/mol. The van der Waals surface area contributed by atoms with E-state index in [0.29, 0.717) is 12.2 Å². The Kier molecular flexibility index (Phi) is 9.85. The number of carbonyl (C=O) groups is 2. The Bertz CT molecular complexity index is 389. The Morgan fingerprint density at radius 1 is 1.26 bits per heavy atom. The Morgan fingerprint density at radius 3 is 2.70 bits per heavy atom. The molecule has 0 amide bonds. The van der Waals surface area contributed by atoms with Crippen molar-refractivity contribution < 1.29 is 19.8 Å². The molecule has 0 aromatic heterocycles. The maximum atomic E-state index is 12.0. The maximum Gasteiger partial charge on any atom is 0.303 e. The van der Waals surface area contributed by atoms with Gasteiger partial charge < -0.3 is 10.2 Å². The van der Waals surface area contributed by atoms with Crippen LogP contribution in [0, 0.1) is 11.8 Å². The number of rotatable bonds is 12. The summed E-state index contributed by atoms with van der Waals surface area (Å²) in [6.45, 7) is 2.11. The summed E-state index contributed by atoms with van der Waals surface area (Å²) in [6.07, 6.45) is 12.8. The third-order valence-electron chi connectivity index (χ3n) is 4.74. The number of hydrogen-bond donors (Lipinski definition) is 2. The molecule has 2 N–H and O–H groups in total. The monoisotopic (exact) mass is 324 g/mol. The number of hydrogen-bond acceptors (Lipinski definition) is 3. The quantitative estimate of drug-likeness (QED) is 0.418. The summed E-state index contributed by atoms with van der Waals surface area (Å²) in [4.78, 5) is 22.5. The maximum absolute atomic E-state index is 12.0. The van der Waals surface area contributed by atoms with Gasteiger partial charge in [0.25, 0.3) is 0 Å². The fourth-order valence-electron chi connectivity index (χ4n) is 3.31. The first-order valence-electron chi connectivity index (χ1n) is 9.15. The SMILES string of the molecule is CCCCC(O)C=CC1CCC(=O)C1CCCCCCC(=O)O. The Labute approximate surface area is 140 Å². The van der Waals surface area contributed by atoms with Crippen LogP contribution in [0.3, 0.4) is 0 Å². The van der Waals surface area contributed by atoms with E-state index in [1.807, 2.05) is 6.08 Å². The minimum atomic E-state index is -0.734. The lowest BCUT2D eigenvalue weighted by atomic mass is 9.89. The number of aliphatic hydroxyl groups excluding tert-OH is 1. The van der Waals surface area contributed by atoms with Crippen LogP contribution in [-0.2, 0) is 9.59 Å². The number of allylic oxidation sites excluding steroid dienone is 1. The van der Waals surface area contributed by atoms with Crippen LogP contribution in [-0.4, -0.2) is 28.1 Å². The standard InChI is InChI=1S/C19H32O4/c1-2-3-8-16(20)13-11-15-12-14-18(21)17(15)9-6-4-5-7-10-19(22)23/h11,13,15-17,20H,2-10,12,14H2,1H3,(H,22,23). The first-order valence-corrected chi connectivity index (χ1v) is 9.15. The Hall–Kier alpha value is -1.16. The molecule has 1 aliphatic rings. The van der Waals surface area contributed by atoms with E-state index in [1.54, 1.807) is 0 Å². The van der Waals surface area contributed by atoms with Crippen LogP contribution in [0.4, 0.5) is 0 Å². The zero-order valence-electron chi connectivity index (χ0n) is 14.4. The van der Waals surface area contributed by atoms with Crippen LogP contribution in [0.25, 0.3) is 0 Å². The van der Waals surface area contributed by atoms with E-state index in [2.05, 4.69) is 13.0 Å². The van der Waals surface area contributed by atoms with Gasteiger partial charge in [0.15, 0.2) is 0 Å². The van der Waals surface area contributed by atoms with Crippen molar-refractivity contribution in [3.05, 3.63) is 12.2 Å². The summed E-state index contributed by atoms with van der Waals surface area (Å²) < 4.78 is 0. The first kappa shape index (κ1) is 19.9. The lowest BCUT2D eigenvalue weighted by molar-refractivity contribution is -0.137. The Morgan fingerprint density at radius 2 is 2.00 bits per heavy atom. The largest absolute Gasteiger partial charge is 0.481 e. The number of unbranched alkanes of at least 4 members (excludes halogenated alkanes) is 4. The van der Waals surface area contributed by atoms with Crippen LogP contribution < -0.4 is 0 Å². The molecule has 0 spiro atoms. The summed E-state index contributed by atoms with van der Waals surface area (Å²) in [5.74, 6) is -0.00192. The zero-order valence-corrected chi connectivity index (χ0v) is 14.4. The van der Waals surface area contributed by atoms with E-state index in [9.17, 15) is 14.7 Å². The molecule has 1 rings (SSSR count). The molecule has 4 nitrogen and oxygen atoms in total. The highest BCUT2D eigenvalue weighted by molar-refractivity contribution is 5.83.